The molecule has 0 spiro atoms. The van der Waals surface area contributed by atoms with Gasteiger partial charge in [-0.05, 0) is 5.92 Å². The van der Waals surface area contributed by atoms with E-state index in [1.807, 2.05) is 12.4 Å². The minimum Gasteiger partial charge on any atom is -0.286 e. The molecule has 50 valence electrons. The van der Waals surface area contributed by atoms with Gasteiger partial charge in [0.15, 0.2) is 0 Å². The number of nitrogens with zero attached hydrogens (tertiary/aromatic N) is 1. The maximum Gasteiger partial charge on any atom is 0.0318 e. The molecule has 0 saturated carbocycles. The van der Waals surface area contributed by atoms with Crippen LogP contribution in [-0.4, -0.2) is 6.21 Å². The monoisotopic (exact) mass is 124 g/mol. The van der Waals surface area contributed by atoms with E-state index in [-0.39, 0.29) is 0 Å². The molecule has 1 N–H and O–H groups in total. The third-order valence-electron chi connectivity index (χ3n) is 1.48. The van der Waals surface area contributed by atoms with Gasteiger partial charge in [0.05, 0.1) is 0 Å². The molecule has 0 amide bonds. The van der Waals surface area contributed by atoms with Gasteiger partial charge in [0.25, 0.3) is 0 Å². The van der Waals surface area contributed by atoms with Gasteiger partial charge in [-0.15, -0.1) is 0 Å². The Morgan fingerprint density at radius 3 is 2.67 bits per heavy atom. The van der Waals surface area contributed by atoms with Gasteiger partial charge in [-0.3, -0.25) is 5.43 Å². The smallest absolute Gasteiger partial charge is 0.0318 e. The van der Waals surface area contributed by atoms with E-state index < -0.39 is 0 Å². The van der Waals surface area contributed by atoms with Gasteiger partial charge in [0.1, 0.15) is 0 Å². The van der Waals surface area contributed by atoms with Gasteiger partial charge < -0.3 is 0 Å². The molecule has 0 fully saturated rings. The molecule has 1 rings (SSSR count). The standard InChI is InChI=1S/C7H12N2/c1-6(2)7-3-4-8-9-5-7/h3-8H,1-2H3. The summed E-state index contributed by atoms with van der Waals surface area (Å²) in [6.07, 6.45) is 5.94. The van der Waals surface area contributed by atoms with Crippen LogP contribution in [0.15, 0.2) is 17.4 Å². The molecule has 0 aromatic carbocycles. The van der Waals surface area contributed by atoms with Crippen LogP contribution in [0.4, 0.5) is 0 Å². The molecule has 2 heteroatoms. The maximum atomic E-state index is 3.92. The fraction of sp³-hybridized carbons (Fsp3) is 0.571. The van der Waals surface area contributed by atoms with Gasteiger partial charge in [-0.1, -0.05) is 19.9 Å². The minimum absolute atomic E-state index is 0.520. The van der Waals surface area contributed by atoms with Crippen molar-refractivity contribution in [1.29, 1.82) is 0 Å². The average molecular weight is 124 g/mol. The Hall–Kier alpha value is -0.790. The van der Waals surface area contributed by atoms with E-state index in [0.717, 1.165) is 0 Å². The average Bonchev–Trinajstić information content (AvgIpc) is 1.90. The Morgan fingerprint density at radius 2 is 2.33 bits per heavy atom. The molecular weight excluding hydrogens is 112 g/mol. The summed E-state index contributed by atoms with van der Waals surface area (Å²) < 4.78 is 0. The van der Waals surface area contributed by atoms with E-state index in [9.17, 15) is 0 Å². The summed E-state index contributed by atoms with van der Waals surface area (Å²) in [4.78, 5) is 0. The van der Waals surface area contributed by atoms with Crippen LogP contribution in [0, 0.1) is 11.8 Å². The summed E-state index contributed by atoms with van der Waals surface area (Å²) >= 11 is 0. The predicted octanol–water partition coefficient (Wildman–Crippen LogP) is 1.36. The molecule has 1 heterocycles. The zero-order chi connectivity index (χ0) is 6.69. The molecule has 0 aromatic rings. The summed E-state index contributed by atoms with van der Waals surface area (Å²) in [7, 11) is 0. The Labute approximate surface area is 55.6 Å². The lowest BCUT2D eigenvalue weighted by atomic mass is 9.97. The first-order chi connectivity index (χ1) is 4.30. The Morgan fingerprint density at radius 1 is 1.56 bits per heavy atom. The first kappa shape index (κ1) is 6.33. The molecule has 1 unspecified atom stereocenters. The second-order valence-electron chi connectivity index (χ2n) is 2.59. The van der Waals surface area contributed by atoms with Crippen LogP contribution in [0.25, 0.3) is 0 Å². The molecular formula is C7H12N2. The van der Waals surface area contributed by atoms with Gasteiger partial charge in [0.2, 0.25) is 0 Å². The topological polar surface area (TPSA) is 24.4 Å². The number of allylic oxidation sites excluding steroid dienone is 1. The number of hydrogen-bond acceptors (Lipinski definition) is 2. The first-order valence-corrected chi connectivity index (χ1v) is 3.26. The van der Waals surface area contributed by atoms with Crippen LogP contribution in [0.1, 0.15) is 13.8 Å². The lowest BCUT2D eigenvalue weighted by molar-refractivity contribution is 0.573. The van der Waals surface area contributed by atoms with E-state index in [4.69, 9.17) is 0 Å². The van der Waals surface area contributed by atoms with Gasteiger partial charge in [0, 0.05) is 18.3 Å². The van der Waals surface area contributed by atoms with E-state index in [2.05, 4.69) is 30.5 Å². The number of hydrazone groups is 1. The number of hydrogen-bond donors (Lipinski definition) is 1. The van der Waals surface area contributed by atoms with E-state index in [1.54, 1.807) is 0 Å². The van der Waals surface area contributed by atoms with Crippen molar-refractivity contribution in [2.24, 2.45) is 16.9 Å². The Balaban J connectivity index is 2.49. The fourth-order valence-corrected chi connectivity index (χ4v) is 0.770. The maximum absolute atomic E-state index is 3.92. The van der Waals surface area contributed by atoms with E-state index in [0.29, 0.717) is 11.8 Å². The second kappa shape index (κ2) is 2.67. The van der Waals surface area contributed by atoms with Crippen LogP contribution in [-0.2, 0) is 0 Å². The fourth-order valence-electron chi connectivity index (χ4n) is 0.770. The van der Waals surface area contributed by atoms with Crippen molar-refractivity contribution in [3.05, 3.63) is 12.3 Å². The highest BCUT2D eigenvalue weighted by molar-refractivity contribution is 5.64. The van der Waals surface area contributed by atoms with Crippen molar-refractivity contribution in [2.45, 2.75) is 13.8 Å². The molecule has 9 heavy (non-hydrogen) atoms. The highest BCUT2D eigenvalue weighted by Gasteiger charge is 2.07. The van der Waals surface area contributed by atoms with Gasteiger partial charge >= 0.3 is 0 Å². The lowest BCUT2D eigenvalue weighted by Gasteiger charge is -2.13. The Kier molecular flexibility index (Phi) is 1.88. The van der Waals surface area contributed by atoms with Gasteiger partial charge in [-0.25, -0.2) is 0 Å². The minimum atomic E-state index is 0.520. The molecule has 0 radical (unpaired) electrons. The van der Waals surface area contributed by atoms with Crippen molar-refractivity contribution in [1.82, 2.24) is 5.43 Å². The summed E-state index contributed by atoms with van der Waals surface area (Å²) in [5, 5.41) is 3.92. The number of rotatable bonds is 1. The van der Waals surface area contributed by atoms with Crippen LogP contribution < -0.4 is 5.43 Å². The first-order valence-electron chi connectivity index (χ1n) is 3.26. The molecule has 0 saturated heterocycles. The SMILES string of the molecule is CC(C)C1C=CNN=C1. The summed E-state index contributed by atoms with van der Waals surface area (Å²) in [5.41, 5.74) is 2.76. The highest BCUT2D eigenvalue weighted by atomic mass is 15.3. The molecule has 1 aliphatic rings. The molecule has 0 aromatic heterocycles. The molecule has 0 aliphatic carbocycles. The quantitative estimate of drug-likeness (QED) is 0.560. The third kappa shape index (κ3) is 1.56. The van der Waals surface area contributed by atoms with Crippen molar-refractivity contribution >= 4 is 6.21 Å². The molecule has 2 nitrogen and oxygen atoms in total. The summed E-state index contributed by atoms with van der Waals surface area (Å²) in [5.74, 6) is 1.18. The molecule has 0 bridgehead atoms. The van der Waals surface area contributed by atoms with Crippen LogP contribution >= 0.6 is 0 Å². The summed E-state index contributed by atoms with van der Waals surface area (Å²) in [6, 6.07) is 0. The van der Waals surface area contributed by atoms with Gasteiger partial charge in [-0.2, -0.15) is 5.10 Å². The van der Waals surface area contributed by atoms with Crippen molar-refractivity contribution < 1.29 is 0 Å². The van der Waals surface area contributed by atoms with Crippen LogP contribution in [0.3, 0.4) is 0 Å². The second-order valence-corrected chi connectivity index (χ2v) is 2.59. The predicted molar refractivity (Wildman–Crippen MR) is 39.1 cm³/mol. The number of nitrogens with one attached hydrogen (secondary N) is 1. The van der Waals surface area contributed by atoms with Crippen LogP contribution in [0.5, 0.6) is 0 Å². The molecule has 1 aliphatic heterocycles. The van der Waals surface area contributed by atoms with Crippen molar-refractivity contribution in [2.75, 3.05) is 0 Å². The highest BCUT2D eigenvalue weighted by Crippen LogP contribution is 2.10. The van der Waals surface area contributed by atoms with E-state index >= 15 is 0 Å². The largest absolute Gasteiger partial charge is 0.286 e. The zero-order valence-corrected chi connectivity index (χ0v) is 5.83. The normalized spacial score (nSPS) is 24.6. The lowest BCUT2D eigenvalue weighted by Crippen LogP contribution is -2.13. The van der Waals surface area contributed by atoms with Crippen molar-refractivity contribution in [3.63, 3.8) is 0 Å². The van der Waals surface area contributed by atoms with Crippen LogP contribution in [0.2, 0.25) is 0 Å². The zero-order valence-electron chi connectivity index (χ0n) is 5.83. The Bertz CT molecular complexity index is 124. The summed E-state index contributed by atoms with van der Waals surface area (Å²) in [6.45, 7) is 4.37. The molecule has 1 atom stereocenters. The van der Waals surface area contributed by atoms with Crippen molar-refractivity contribution in [3.8, 4) is 0 Å². The van der Waals surface area contributed by atoms with E-state index in [1.165, 1.54) is 0 Å². The third-order valence-corrected chi connectivity index (χ3v) is 1.48.